The Labute approximate surface area is 158 Å². The lowest BCUT2D eigenvalue weighted by Gasteiger charge is -2.29. The molecule has 2 aromatic rings. The molecule has 0 fully saturated rings. The van der Waals surface area contributed by atoms with E-state index in [2.05, 4.69) is 0 Å². The van der Waals surface area contributed by atoms with Crippen LogP contribution in [0.2, 0.25) is 0 Å². The number of nitrogens with zero attached hydrogens (tertiary/aromatic N) is 1. The molecule has 1 aliphatic carbocycles. The van der Waals surface area contributed by atoms with Crippen molar-refractivity contribution in [2.45, 2.75) is 36.5 Å². The lowest BCUT2D eigenvalue weighted by molar-refractivity contribution is -0.121. The molecule has 1 amide bonds. The van der Waals surface area contributed by atoms with Crippen LogP contribution in [0.4, 0.5) is 5.69 Å². The lowest BCUT2D eigenvalue weighted by atomic mass is 9.72. The van der Waals surface area contributed by atoms with Crippen molar-refractivity contribution < 1.29 is 22.7 Å². The summed E-state index contributed by atoms with van der Waals surface area (Å²) in [4.78, 5) is 13.3. The first-order valence-corrected chi connectivity index (χ1v) is 10.2. The first-order valence-electron chi connectivity index (χ1n) is 8.79. The summed E-state index contributed by atoms with van der Waals surface area (Å²) in [6.07, 6.45) is 2.35. The van der Waals surface area contributed by atoms with Crippen LogP contribution in [0.5, 0.6) is 11.5 Å². The van der Waals surface area contributed by atoms with Crippen molar-refractivity contribution in [3.63, 3.8) is 0 Å². The van der Waals surface area contributed by atoms with Crippen LogP contribution in [-0.4, -0.2) is 28.5 Å². The Hall–Kier alpha value is -2.54. The van der Waals surface area contributed by atoms with Crippen molar-refractivity contribution in [2.24, 2.45) is 0 Å². The third-order valence-corrected chi connectivity index (χ3v) is 7.30. The first-order chi connectivity index (χ1) is 12.8. The number of anilines is 1. The number of hydrogen-bond acceptors (Lipinski definition) is 5. The van der Waals surface area contributed by atoms with Gasteiger partial charge in [0.15, 0.2) is 0 Å². The maximum Gasteiger partial charge on any atom is 0.274 e. The van der Waals surface area contributed by atoms with Gasteiger partial charge in [-0.25, -0.2) is 12.7 Å². The zero-order chi connectivity index (χ0) is 19.4. The molecule has 0 aromatic heterocycles. The fourth-order valence-corrected chi connectivity index (χ4v) is 5.90. The van der Waals surface area contributed by atoms with Crippen molar-refractivity contribution in [1.29, 1.82) is 0 Å². The molecule has 0 radical (unpaired) electrons. The van der Waals surface area contributed by atoms with Crippen LogP contribution in [0.15, 0.2) is 41.3 Å². The Morgan fingerprint density at radius 3 is 2.59 bits per heavy atom. The van der Waals surface area contributed by atoms with E-state index in [1.54, 1.807) is 12.1 Å². The quantitative estimate of drug-likeness (QED) is 0.806. The molecule has 6 nitrogen and oxygen atoms in total. The Kier molecular flexibility index (Phi) is 3.96. The molecule has 1 aliphatic heterocycles. The average Bonchev–Trinajstić information content (AvgIpc) is 2.90. The summed E-state index contributed by atoms with van der Waals surface area (Å²) in [6, 6.07) is 9.96. The molecular formula is C20H21NO5S. The smallest absolute Gasteiger partial charge is 0.274 e. The number of amides is 1. The molecule has 4 rings (SSSR count). The number of sulfonamides is 1. The van der Waals surface area contributed by atoms with E-state index in [0.717, 1.165) is 28.3 Å². The fourth-order valence-electron chi connectivity index (χ4n) is 4.23. The van der Waals surface area contributed by atoms with E-state index < -0.39 is 21.3 Å². The molecule has 1 unspecified atom stereocenters. The van der Waals surface area contributed by atoms with Gasteiger partial charge in [-0.1, -0.05) is 12.1 Å². The van der Waals surface area contributed by atoms with E-state index in [1.165, 1.54) is 26.4 Å². The third kappa shape index (κ3) is 2.37. The minimum absolute atomic E-state index is 0.0565. The molecule has 0 saturated heterocycles. The number of aryl methyl sites for hydroxylation is 1. The molecule has 0 saturated carbocycles. The molecule has 0 N–H and O–H groups in total. The largest absolute Gasteiger partial charge is 0.497 e. The molecule has 27 heavy (non-hydrogen) atoms. The fraction of sp³-hybridized carbons (Fsp3) is 0.350. The summed E-state index contributed by atoms with van der Waals surface area (Å²) in [5.74, 6) is 0.217. The van der Waals surface area contributed by atoms with E-state index in [9.17, 15) is 13.2 Å². The second kappa shape index (κ2) is 5.99. The van der Waals surface area contributed by atoms with Gasteiger partial charge in [-0.2, -0.15) is 0 Å². The summed E-state index contributed by atoms with van der Waals surface area (Å²) in [5.41, 5.74) is 1.54. The summed E-state index contributed by atoms with van der Waals surface area (Å²) in [6.45, 7) is 1.84. The minimum atomic E-state index is -4.14. The topological polar surface area (TPSA) is 72.9 Å². The highest BCUT2D eigenvalue weighted by Crippen LogP contribution is 2.51. The second-order valence-corrected chi connectivity index (χ2v) is 8.84. The van der Waals surface area contributed by atoms with Crippen molar-refractivity contribution in [3.8, 4) is 11.5 Å². The number of carbonyl (C=O) groups excluding carboxylic acids is 1. The second-order valence-electron chi connectivity index (χ2n) is 7.09. The lowest BCUT2D eigenvalue weighted by Crippen LogP contribution is -2.42. The van der Waals surface area contributed by atoms with Crippen LogP contribution in [0.25, 0.3) is 0 Å². The van der Waals surface area contributed by atoms with Gasteiger partial charge in [0.25, 0.3) is 15.9 Å². The Balaban J connectivity index is 1.92. The van der Waals surface area contributed by atoms with Gasteiger partial charge < -0.3 is 9.47 Å². The predicted molar refractivity (Wildman–Crippen MR) is 101 cm³/mol. The highest BCUT2D eigenvalue weighted by molar-refractivity contribution is 7.93. The Morgan fingerprint density at radius 2 is 1.89 bits per heavy atom. The maximum atomic E-state index is 13.5. The van der Waals surface area contributed by atoms with Gasteiger partial charge in [0, 0.05) is 6.07 Å². The molecule has 7 heteroatoms. The zero-order valence-corrected chi connectivity index (χ0v) is 16.3. The van der Waals surface area contributed by atoms with Gasteiger partial charge in [0.2, 0.25) is 0 Å². The van der Waals surface area contributed by atoms with Gasteiger partial charge in [-0.15, -0.1) is 0 Å². The van der Waals surface area contributed by atoms with Crippen LogP contribution in [0.3, 0.4) is 0 Å². The van der Waals surface area contributed by atoms with Gasteiger partial charge in [0.1, 0.15) is 16.4 Å². The third-order valence-electron chi connectivity index (χ3n) is 5.57. The van der Waals surface area contributed by atoms with Crippen LogP contribution in [-0.2, 0) is 26.7 Å². The summed E-state index contributed by atoms with van der Waals surface area (Å²) < 4.78 is 38.4. The summed E-state index contributed by atoms with van der Waals surface area (Å²) in [7, 11) is -1.25. The number of rotatable bonds is 4. The first kappa shape index (κ1) is 17.9. The maximum absolute atomic E-state index is 13.5. The molecule has 1 heterocycles. The molecule has 2 aliphatic rings. The molecule has 2 aromatic carbocycles. The monoisotopic (exact) mass is 387 g/mol. The van der Waals surface area contributed by atoms with E-state index in [1.807, 2.05) is 19.1 Å². The van der Waals surface area contributed by atoms with Crippen molar-refractivity contribution in [2.75, 3.05) is 18.5 Å². The van der Waals surface area contributed by atoms with Crippen LogP contribution in [0.1, 0.15) is 30.9 Å². The number of carbonyl (C=O) groups is 1. The standard InChI is InChI=1S/C20H21NO5S/c1-20-11-5-7-13-6-4-8-15(18(13)20)21(19(20)22)27(23,24)17-10-9-14(25-2)12-16(17)26-3/h4,6,8-10,12H,5,7,11H2,1-3H3. The van der Waals surface area contributed by atoms with Crippen LogP contribution in [0, 0.1) is 0 Å². The Bertz CT molecular complexity index is 1050. The Morgan fingerprint density at radius 1 is 1.11 bits per heavy atom. The molecular weight excluding hydrogens is 366 g/mol. The van der Waals surface area contributed by atoms with E-state index in [-0.39, 0.29) is 10.6 Å². The SMILES string of the molecule is COc1ccc(S(=O)(=O)N2C(=O)C3(C)CCCc4cccc2c43)c(OC)c1. The minimum Gasteiger partial charge on any atom is -0.497 e. The van der Waals surface area contributed by atoms with E-state index in [4.69, 9.17) is 9.47 Å². The van der Waals surface area contributed by atoms with Crippen molar-refractivity contribution in [3.05, 3.63) is 47.5 Å². The van der Waals surface area contributed by atoms with Gasteiger partial charge in [0.05, 0.1) is 25.3 Å². The average molecular weight is 387 g/mol. The number of benzene rings is 2. The van der Waals surface area contributed by atoms with Gasteiger partial charge in [-0.3, -0.25) is 4.79 Å². The number of methoxy groups -OCH3 is 2. The number of ether oxygens (including phenoxy) is 2. The molecule has 0 spiro atoms. The highest BCUT2D eigenvalue weighted by Gasteiger charge is 2.54. The van der Waals surface area contributed by atoms with Gasteiger partial charge >= 0.3 is 0 Å². The van der Waals surface area contributed by atoms with E-state index >= 15 is 0 Å². The van der Waals surface area contributed by atoms with Crippen molar-refractivity contribution in [1.82, 2.24) is 0 Å². The normalized spacial score (nSPS) is 21.1. The summed E-state index contributed by atoms with van der Waals surface area (Å²) >= 11 is 0. The molecule has 0 bridgehead atoms. The highest BCUT2D eigenvalue weighted by atomic mass is 32.2. The predicted octanol–water partition coefficient (Wildman–Crippen LogP) is 3.03. The van der Waals surface area contributed by atoms with E-state index in [0.29, 0.717) is 17.9 Å². The van der Waals surface area contributed by atoms with Crippen molar-refractivity contribution >= 4 is 21.6 Å². The van der Waals surface area contributed by atoms with Crippen LogP contribution >= 0.6 is 0 Å². The zero-order valence-electron chi connectivity index (χ0n) is 15.5. The molecule has 142 valence electrons. The van der Waals surface area contributed by atoms with Gasteiger partial charge in [-0.05, 0) is 55.5 Å². The summed E-state index contributed by atoms with van der Waals surface area (Å²) in [5, 5.41) is 0. The molecule has 1 atom stereocenters. The van der Waals surface area contributed by atoms with Crippen LogP contribution < -0.4 is 13.8 Å². The number of hydrogen-bond donors (Lipinski definition) is 0.